The maximum atomic E-state index is 10.9. The molecule has 3 aromatic carbocycles. The quantitative estimate of drug-likeness (QED) is 0.500. The van der Waals surface area contributed by atoms with Crippen LogP contribution in [0.5, 0.6) is 0 Å². The second kappa shape index (κ2) is 8.05. The van der Waals surface area contributed by atoms with Gasteiger partial charge in [0.05, 0.1) is 0 Å². The minimum Gasteiger partial charge on any atom is -0.388 e. The molecule has 0 aliphatic rings. The fourth-order valence-corrected chi connectivity index (χ4v) is 4.21. The predicted molar refractivity (Wildman–Crippen MR) is 108 cm³/mol. The number of methoxy groups -OCH3 is 2. The van der Waals surface area contributed by atoms with Crippen molar-refractivity contribution in [3.8, 4) is 0 Å². The van der Waals surface area contributed by atoms with E-state index in [-0.39, 0.29) is 0 Å². The van der Waals surface area contributed by atoms with Crippen molar-refractivity contribution >= 4 is 0 Å². The summed E-state index contributed by atoms with van der Waals surface area (Å²) in [6.07, 6.45) is -0.909. The molecule has 0 aliphatic heterocycles. The van der Waals surface area contributed by atoms with Crippen LogP contribution in [0, 0.1) is 0 Å². The van der Waals surface area contributed by atoms with Gasteiger partial charge in [0.15, 0.2) is 0 Å². The molecule has 1 unspecified atom stereocenters. The standard InChI is InChI=1S/C24H26O3/c1-19(25)24(26-2,27-3)23(20-13-7-4-8-14-20,21-15-9-5-10-16-21)22-17-11-6-12-18-22/h4-19,25H,1-3H3. The van der Waals surface area contributed by atoms with Crippen LogP contribution in [0.25, 0.3) is 0 Å². The van der Waals surface area contributed by atoms with Crippen LogP contribution in [-0.2, 0) is 14.9 Å². The zero-order chi connectivity index (χ0) is 19.3. The van der Waals surface area contributed by atoms with E-state index in [2.05, 4.69) is 36.4 Å². The molecule has 0 aliphatic carbocycles. The van der Waals surface area contributed by atoms with Gasteiger partial charge in [0.2, 0.25) is 5.79 Å². The lowest BCUT2D eigenvalue weighted by atomic mass is 9.62. The van der Waals surface area contributed by atoms with Crippen LogP contribution in [0.3, 0.4) is 0 Å². The highest BCUT2D eigenvalue weighted by Gasteiger charge is 2.59. The van der Waals surface area contributed by atoms with Crippen molar-refractivity contribution in [1.29, 1.82) is 0 Å². The third kappa shape index (κ3) is 2.98. The number of hydrogen-bond acceptors (Lipinski definition) is 3. The second-order valence-corrected chi connectivity index (χ2v) is 6.60. The highest BCUT2D eigenvalue weighted by molar-refractivity contribution is 5.53. The molecule has 0 bridgehead atoms. The summed E-state index contributed by atoms with van der Waals surface area (Å²) < 4.78 is 12.0. The predicted octanol–water partition coefficient (Wildman–Crippen LogP) is 4.39. The number of aliphatic hydroxyl groups is 1. The first kappa shape index (κ1) is 19.3. The van der Waals surface area contributed by atoms with Crippen LogP contribution in [-0.4, -0.2) is 31.2 Å². The Kier molecular flexibility index (Phi) is 5.76. The largest absolute Gasteiger partial charge is 0.388 e. The van der Waals surface area contributed by atoms with Crippen LogP contribution in [0.2, 0.25) is 0 Å². The minimum absolute atomic E-state index is 0.881. The van der Waals surface area contributed by atoms with Crippen LogP contribution >= 0.6 is 0 Å². The highest BCUT2D eigenvalue weighted by atomic mass is 16.7. The molecule has 27 heavy (non-hydrogen) atoms. The van der Waals surface area contributed by atoms with E-state index in [0.29, 0.717) is 0 Å². The topological polar surface area (TPSA) is 38.7 Å². The summed E-state index contributed by atoms with van der Waals surface area (Å²) in [5.41, 5.74) is 2.06. The smallest absolute Gasteiger partial charge is 0.212 e. The van der Waals surface area contributed by atoms with Gasteiger partial charge in [-0.1, -0.05) is 91.0 Å². The van der Waals surface area contributed by atoms with Crippen molar-refractivity contribution in [2.24, 2.45) is 0 Å². The third-order valence-corrected chi connectivity index (χ3v) is 5.30. The Balaban J connectivity index is 2.51. The normalized spacial score (nSPS) is 13.3. The Labute approximate surface area is 161 Å². The molecule has 0 fully saturated rings. The van der Waals surface area contributed by atoms with Crippen molar-refractivity contribution in [3.63, 3.8) is 0 Å². The molecule has 0 amide bonds. The summed E-state index contributed by atoms with van der Waals surface area (Å²) in [4.78, 5) is 0. The lowest BCUT2D eigenvalue weighted by Crippen LogP contribution is -2.62. The first-order valence-electron chi connectivity index (χ1n) is 9.08. The van der Waals surface area contributed by atoms with Crippen LogP contribution in [0.1, 0.15) is 23.6 Å². The Morgan fingerprint density at radius 1 is 0.630 bits per heavy atom. The van der Waals surface area contributed by atoms with Crippen molar-refractivity contribution < 1.29 is 14.6 Å². The van der Waals surface area contributed by atoms with E-state index in [1.54, 1.807) is 21.1 Å². The number of hydrogen-bond donors (Lipinski definition) is 1. The molecular formula is C24H26O3. The van der Waals surface area contributed by atoms with E-state index in [1.807, 2.05) is 54.6 Å². The molecule has 3 rings (SSSR count). The van der Waals surface area contributed by atoms with E-state index >= 15 is 0 Å². The van der Waals surface area contributed by atoms with Crippen molar-refractivity contribution in [2.75, 3.05) is 14.2 Å². The first-order chi connectivity index (χ1) is 13.1. The molecule has 3 aromatic rings. The van der Waals surface area contributed by atoms with Gasteiger partial charge >= 0.3 is 0 Å². The van der Waals surface area contributed by atoms with Gasteiger partial charge in [-0.3, -0.25) is 0 Å². The fourth-order valence-electron chi connectivity index (χ4n) is 4.21. The Morgan fingerprint density at radius 2 is 0.926 bits per heavy atom. The van der Waals surface area contributed by atoms with Crippen LogP contribution in [0.4, 0.5) is 0 Å². The molecule has 1 atom stereocenters. The van der Waals surface area contributed by atoms with E-state index in [1.165, 1.54) is 0 Å². The molecule has 140 valence electrons. The van der Waals surface area contributed by atoms with Gasteiger partial charge in [-0.15, -0.1) is 0 Å². The molecule has 0 saturated carbocycles. The molecule has 0 aromatic heterocycles. The SMILES string of the molecule is COC(OC)(C(C)O)C(c1ccccc1)(c1ccccc1)c1ccccc1. The monoisotopic (exact) mass is 362 g/mol. The van der Waals surface area contributed by atoms with E-state index < -0.39 is 17.3 Å². The summed E-state index contributed by atoms with van der Waals surface area (Å²) in [7, 11) is 3.17. The molecule has 3 nitrogen and oxygen atoms in total. The van der Waals surface area contributed by atoms with Crippen LogP contribution in [0.15, 0.2) is 91.0 Å². The molecule has 3 heteroatoms. The molecule has 1 N–H and O–H groups in total. The highest BCUT2D eigenvalue weighted by Crippen LogP contribution is 2.50. The zero-order valence-corrected chi connectivity index (χ0v) is 16.0. The summed E-state index contributed by atoms with van der Waals surface area (Å²) in [5.74, 6) is -1.34. The average Bonchev–Trinajstić information content (AvgIpc) is 2.74. The number of aliphatic hydroxyl groups excluding tert-OH is 1. The Morgan fingerprint density at radius 3 is 1.15 bits per heavy atom. The summed E-state index contributed by atoms with van der Waals surface area (Å²) in [5, 5.41) is 10.9. The van der Waals surface area contributed by atoms with Gasteiger partial charge in [0, 0.05) is 14.2 Å². The van der Waals surface area contributed by atoms with Crippen LogP contribution < -0.4 is 0 Å². The fraction of sp³-hybridized carbons (Fsp3) is 0.250. The van der Waals surface area contributed by atoms with E-state index in [0.717, 1.165) is 16.7 Å². The number of rotatable bonds is 7. The molecular weight excluding hydrogens is 336 g/mol. The molecule has 0 radical (unpaired) electrons. The van der Waals surface area contributed by atoms with E-state index in [4.69, 9.17) is 9.47 Å². The van der Waals surface area contributed by atoms with Gasteiger partial charge < -0.3 is 14.6 Å². The summed E-state index contributed by atoms with van der Waals surface area (Å²) >= 11 is 0. The van der Waals surface area contributed by atoms with Crippen molar-refractivity contribution in [2.45, 2.75) is 24.2 Å². The molecule has 0 spiro atoms. The molecule has 0 saturated heterocycles. The lowest BCUT2D eigenvalue weighted by molar-refractivity contribution is -0.279. The Bertz CT molecular complexity index is 729. The summed E-state index contributed by atoms with van der Waals surface area (Å²) in [6.45, 7) is 1.70. The number of benzene rings is 3. The van der Waals surface area contributed by atoms with Gasteiger partial charge in [0.25, 0.3) is 0 Å². The maximum absolute atomic E-state index is 10.9. The van der Waals surface area contributed by atoms with Crippen molar-refractivity contribution in [1.82, 2.24) is 0 Å². The average molecular weight is 362 g/mol. The van der Waals surface area contributed by atoms with Crippen molar-refractivity contribution in [3.05, 3.63) is 108 Å². The zero-order valence-electron chi connectivity index (χ0n) is 16.0. The molecule has 0 heterocycles. The van der Waals surface area contributed by atoms with Gasteiger partial charge in [0.1, 0.15) is 11.5 Å². The minimum atomic E-state index is -1.34. The lowest BCUT2D eigenvalue weighted by Gasteiger charge is -2.51. The Hall–Kier alpha value is -2.46. The maximum Gasteiger partial charge on any atom is 0.212 e. The van der Waals surface area contributed by atoms with Gasteiger partial charge in [-0.2, -0.15) is 0 Å². The second-order valence-electron chi connectivity index (χ2n) is 6.60. The third-order valence-electron chi connectivity index (χ3n) is 5.30. The van der Waals surface area contributed by atoms with Gasteiger partial charge in [-0.05, 0) is 23.6 Å². The first-order valence-corrected chi connectivity index (χ1v) is 9.08. The van der Waals surface area contributed by atoms with E-state index in [9.17, 15) is 5.11 Å². The number of ether oxygens (including phenoxy) is 2. The van der Waals surface area contributed by atoms with Gasteiger partial charge in [-0.25, -0.2) is 0 Å². The summed E-state index contributed by atoms with van der Waals surface area (Å²) in [6, 6.07) is 30.2.